The van der Waals surface area contributed by atoms with Crippen molar-refractivity contribution in [1.29, 1.82) is 0 Å². The number of likely N-dealkylation sites (N-methyl/N-ethyl adjacent to an activating group) is 1. The number of hydrogen-bond acceptors (Lipinski definition) is 4. The van der Waals surface area contributed by atoms with Gasteiger partial charge in [-0.15, -0.1) is 0 Å². The molecule has 1 amide bonds. The fourth-order valence-electron chi connectivity index (χ4n) is 1.94. The van der Waals surface area contributed by atoms with Crippen LogP contribution in [0.15, 0.2) is 22.7 Å². The zero-order valence-electron chi connectivity index (χ0n) is 9.94. The van der Waals surface area contributed by atoms with Gasteiger partial charge in [-0.1, -0.05) is 6.07 Å². The van der Waals surface area contributed by atoms with Crippen molar-refractivity contribution >= 4 is 27.5 Å². The first-order valence-corrected chi connectivity index (χ1v) is 6.46. The van der Waals surface area contributed by atoms with Gasteiger partial charge in [-0.05, 0) is 35.1 Å². The normalized spacial score (nSPS) is 23.0. The number of nitrogens with one attached hydrogen (secondary N) is 2. The molecule has 0 aromatic heterocycles. The van der Waals surface area contributed by atoms with E-state index in [0.29, 0.717) is 23.4 Å². The van der Waals surface area contributed by atoms with Gasteiger partial charge in [0.2, 0.25) is 5.91 Å². The maximum Gasteiger partial charge on any atom is 0.231 e. The van der Waals surface area contributed by atoms with Gasteiger partial charge in [0.25, 0.3) is 0 Å². The van der Waals surface area contributed by atoms with Crippen molar-refractivity contribution in [2.24, 2.45) is 5.92 Å². The van der Waals surface area contributed by atoms with Crippen LogP contribution in [0, 0.1) is 5.92 Å². The predicted octanol–water partition coefficient (Wildman–Crippen LogP) is 1.33. The Kier molecular flexibility index (Phi) is 4.21. The van der Waals surface area contributed by atoms with Gasteiger partial charge in [-0.25, -0.2) is 0 Å². The Morgan fingerprint density at radius 2 is 2.28 bits per heavy atom. The molecule has 0 aliphatic carbocycles. The molecule has 98 valence electrons. The molecule has 0 bridgehead atoms. The van der Waals surface area contributed by atoms with Crippen LogP contribution in [-0.2, 0) is 9.53 Å². The molecule has 1 aromatic carbocycles. The van der Waals surface area contributed by atoms with Gasteiger partial charge in [-0.3, -0.25) is 4.79 Å². The number of anilines is 1. The third-order valence-corrected chi connectivity index (χ3v) is 3.67. The van der Waals surface area contributed by atoms with E-state index in [0.717, 1.165) is 0 Å². The highest BCUT2D eigenvalue weighted by atomic mass is 79.9. The summed E-state index contributed by atoms with van der Waals surface area (Å²) in [5.41, 5.74) is 0.399. The van der Waals surface area contributed by atoms with E-state index < -0.39 is 0 Å². The number of benzene rings is 1. The summed E-state index contributed by atoms with van der Waals surface area (Å²) in [6, 6.07) is 5.13. The number of phenols is 1. The summed E-state index contributed by atoms with van der Waals surface area (Å²) in [6.45, 7) is 0.922. The largest absolute Gasteiger partial charge is 0.505 e. The average Bonchev–Trinajstić information content (AvgIpc) is 2.83. The van der Waals surface area contributed by atoms with Crippen LogP contribution < -0.4 is 10.6 Å². The molecule has 2 unspecified atom stereocenters. The molecule has 1 aromatic rings. The number of rotatable bonds is 3. The number of halogens is 1. The molecule has 0 saturated carbocycles. The molecule has 1 aliphatic rings. The number of amides is 1. The second-order valence-corrected chi connectivity index (χ2v) is 5.02. The summed E-state index contributed by atoms with van der Waals surface area (Å²) in [7, 11) is 1.80. The van der Waals surface area contributed by atoms with Gasteiger partial charge in [-0.2, -0.15) is 0 Å². The number of carbonyl (C=O) groups is 1. The van der Waals surface area contributed by atoms with Crippen LogP contribution in [0.3, 0.4) is 0 Å². The first-order chi connectivity index (χ1) is 8.63. The van der Waals surface area contributed by atoms with Crippen LogP contribution in [0.5, 0.6) is 5.75 Å². The van der Waals surface area contributed by atoms with Gasteiger partial charge < -0.3 is 20.5 Å². The van der Waals surface area contributed by atoms with E-state index in [4.69, 9.17) is 4.74 Å². The summed E-state index contributed by atoms with van der Waals surface area (Å²) in [5, 5.41) is 15.6. The number of para-hydroxylation sites is 1. The van der Waals surface area contributed by atoms with E-state index in [-0.39, 0.29) is 23.6 Å². The lowest BCUT2D eigenvalue weighted by Crippen LogP contribution is -2.39. The maximum absolute atomic E-state index is 12.1. The highest BCUT2D eigenvalue weighted by Gasteiger charge is 2.33. The number of ether oxygens (including phenoxy) is 1. The van der Waals surface area contributed by atoms with Crippen molar-refractivity contribution in [2.75, 3.05) is 25.6 Å². The predicted molar refractivity (Wildman–Crippen MR) is 71.6 cm³/mol. The lowest BCUT2D eigenvalue weighted by Gasteiger charge is -2.17. The van der Waals surface area contributed by atoms with Crippen LogP contribution in [0.2, 0.25) is 0 Å². The molecule has 1 aliphatic heterocycles. The van der Waals surface area contributed by atoms with E-state index in [2.05, 4.69) is 26.6 Å². The molecule has 0 spiro atoms. The Bertz CT molecular complexity index is 453. The Hall–Kier alpha value is -1.11. The summed E-state index contributed by atoms with van der Waals surface area (Å²) in [6.07, 6.45) is 0. The first kappa shape index (κ1) is 13.3. The Balaban J connectivity index is 2.09. The SMILES string of the molecule is CNC1COCC1C(=O)Nc1cccc(Br)c1O. The molecule has 5 nitrogen and oxygen atoms in total. The average molecular weight is 315 g/mol. The third kappa shape index (κ3) is 2.66. The standard InChI is InChI=1S/C12H15BrN2O3/c1-14-10-6-18-5-7(10)12(17)15-9-4-2-3-8(13)11(9)16/h2-4,7,10,14,16H,5-6H2,1H3,(H,15,17). The number of aromatic hydroxyl groups is 1. The van der Waals surface area contributed by atoms with E-state index >= 15 is 0 Å². The zero-order valence-corrected chi connectivity index (χ0v) is 11.5. The fourth-order valence-corrected chi connectivity index (χ4v) is 2.31. The van der Waals surface area contributed by atoms with Crippen LogP contribution in [-0.4, -0.2) is 37.3 Å². The van der Waals surface area contributed by atoms with Crippen LogP contribution in [0.25, 0.3) is 0 Å². The molecule has 1 heterocycles. The quantitative estimate of drug-likeness (QED) is 0.736. The molecular formula is C12H15BrN2O3. The molecule has 2 rings (SSSR count). The van der Waals surface area contributed by atoms with Gasteiger partial charge in [0.05, 0.1) is 29.3 Å². The zero-order chi connectivity index (χ0) is 13.1. The second-order valence-electron chi connectivity index (χ2n) is 4.16. The molecule has 2 atom stereocenters. The van der Waals surface area contributed by atoms with Crippen molar-refractivity contribution in [2.45, 2.75) is 6.04 Å². The first-order valence-electron chi connectivity index (χ1n) is 5.67. The minimum absolute atomic E-state index is 0.0132. The van der Waals surface area contributed by atoms with Crippen molar-refractivity contribution in [3.8, 4) is 5.75 Å². The van der Waals surface area contributed by atoms with Crippen molar-refractivity contribution < 1.29 is 14.6 Å². The molecule has 18 heavy (non-hydrogen) atoms. The van der Waals surface area contributed by atoms with Crippen molar-refractivity contribution in [3.63, 3.8) is 0 Å². The fraction of sp³-hybridized carbons (Fsp3) is 0.417. The highest BCUT2D eigenvalue weighted by molar-refractivity contribution is 9.10. The lowest BCUT2D eigenvalue weighted by atomic mass is 10.0. The monoisotopic (exact) mass is 314 g/mol. The van der Waals surface area contributed by atoms with E-state index in [1.54, 1.807) is 25.2 Å². The number of carbonyl (C=O) groups excluding carboxylic acids is 1. The number of phenolic OH excluding ortho intramolecular Hbond substituents is 1. The van der Waals surface area contributed by atoms with E-state index in [1.165, 1.54) is 0 Å². The van der Waals surface area contributed by atoms with Gasteiger partial charge in [0.15, 0.2) is 5.75 Å². The second kappa shape index (κ2) is 5.69. The summed E-state index contributed by atoms with van der Waals surface area (Å²) < 4.78 is 5.83. The topological polar surface area (TPSA) is 70.6 Å². The Morgan fingerprint density at radius 1 is 1.50 bits per heavy atom. The molecule has 6 heteroatoms. The smallest absolute Gasteiger partial charge is 0.231 e. The lowest BCUT2D eigenvalue weighted by molar-refractivity contribution is -0.120. The van der Waals surface area contributed by atoms with Gasteiger partial charge in [0, 0.05) is 6.04 Å². The molecule has 1 fully saturated rings. The highest BCUT2D eigenvalue weighted by Crippen LogP contribution is 2.32. The summed E-state index contributed by atoms with van der Waals surface area (Å²) in [5.74, 6) is -0.362. The summed E-state index contributed by atoms with van der Waals surface area (Å²) >= 11 is 3.21. The minimum Gasteiger partial charge on any atom is -0.505 e. The molecular weight excluding hydrogens is 300 g/mol. The van der Waals surface area contributed by atoms with Crippen LogP contribution >= 0.6 is 15.9 Å². The Morgan fingerprint density at radius 3 is 3.00 bits per heavy atom. The third-order valence-electron chi connectivity index (χ3n) is 3.03. The van der Waals surface area contributed by atoms with Gasteiger partial charge >= 0.3 is 0 Å². The van der Waals surface area contributed by atoms with Crippen molar-refractivity contribution in [3.05, 3.63) is 22.7 Å². The summed E-state index contributed by atoms with van der Waals surface area (Å²) in [4.78, 5) is 12.1. The molecule has 3 N–H and O–H groups in total. The van der Waals surface area contributed by atoms with Gasteiger partial charge in [0.1, 0.15) is 0 Å². The number of hydrogen-bond donors (Lipinski definition) is 3. The van der Waals surface area contributed by atoms with Crippen LogP contribution in [0.4, 0.5) is 5.69 Å². The Labute approximate surface area is 114 Å². The van der Waals surface area contributed by atoms with E-state index in [9.17, 15) is 9.90 Å². The molecule has 1 saturated heterocycles. The minimum atomic E-state index is -0.242. The maximum atomic E-state index is 12.1. The molecule has 0 radical (unpaired) electrons. The van der Waals surface area contributed by atoms with Crippen molar-refractivity contribution in [1.82, 2.24) is 5.32 Å². The van der Waals surface area contributed by atoms with E-state index in [1.807, 2.05) is 0 Å². The van der Waals surface area contributed by atoms with Crippen LogP contribution in [0.1, 0.15) is 0 Å².